The van der Waals surface area contributed by atoms with Gasteiger partial charge in [-0.15, -0.1) is 11.3 Å². The number of hydrogen-bond donors (Lipinski definition) is 0. The average Bonchev–Trinajstić information content (AvgIpc) is 3.09. The number of amides is 1. The van der Waals surface area contributed by atoms with Gasteiger partial charge < -0.3 is 9.47 Å². The maximum absolute atomic E-state index is 12.5. The predicted molar refractivity (Wildman–Crippen MR) is 79.7 cm³/mol. The second kappa shape index (κ2) is 5.40. The molecule has 1 fully saturated rings. The lowest BCUT2D eigenvalue weighted by Crippen LogP contribution is -2.32. The van der Waals surface area contributed by atoms with Crippen LogP contribution in [0.1, 0.15) is 35.3 Å². The Hall–Kier alpha value is -1.62. The number of aryl methyl sites for hydroxylation is 2. The van der Waals surface area contributed by atoms with Gasteiger partial charge >= 0.3 is 0 Å². The normalized spacial score (nSPS) is 18.7. The fourth-order valence-electron chi connectivity index (χ4n) is 2.94. The standard InChI is InChI=1S/C15H19N3OS/c1-11-10-17(2)15(16-11)13-6-3-7-18(13)14(19)9-12-5-4-8-20-12/h4-5,8,10,13H,3,6-7,9H2,1-2H3/t13-/m0/s1. The minimum absolute atomic E-state index is 0.140. The van der Waals surface area contributed by atoms with Crippen molar-refractivity contribution < 1.29 is 4.79 Å². The van der Waals surface area contributed by atoms with Crippen LogP contribution in [0.2, 0.25) is 0 Å². The zero-order valence-electron chi connectivity index (χ0n) is 11.9. The van der Waals surface area contributed by atoms with Gasteiger partial charge in [-0.25, -0.2) is 4.98 Å². The van der Waals surface area contributed by atoms with Crippen molar-refractivity contribution >= 4 is 17.2 Å². The van der Waals surface area contributed by atoms with E-state index in [1.807, 2.05) is 42.6 Å². The Balaban J connectivity index is 1.78. The molecule has 0 unspecified atom stereocenters. The first-order valence-electron chi connectivity index (χ1n) is 6.97. The minimum atomic E-state index is 0.140. The van der Waals surface area contributed by atoms with Gasteiger partial charge in [-0.2, -0.15) is 0 Å². The lowest BCUT2D eigenvalue weighted by Gasteiger charge is -2.24. The summed E-state index contributed by atoms with van der Waals surface area (Å²) in [7, 11) is 2.01. The lowest BCUT2D eigenvalue weighted by atomic mass is 10.2. The maximum Gasteiger partial charge on any atom is 0.228 e. The molecule has 0 aromatic carbocycles. The van der Waals surface area contributed by atoms with E-state index >= 15 is 0 Å². The molecule has 0 saturated carbocycles. The van der Waals surface area contributed by atoms with Crippen LogP contribution in [0.15, 0.2) is 23.7 Å². The highest BCUT2D eigenvalue weighted by Crippen LogP contribution is 2.31. The molecule has 1 atom stereocenters. The number of nitrogens with zero attached hydrogens (tertiary/aromatic N) is 3. The number of rotatable bonds is 3. The Labute approximate surface area is 123 Å². The highest BCUT2D eigenvalue weighted by atomic mass is 32.1. The van der Waals surface area contributed by atoms with E-state index in [2.05, 4.69) is 9.55 Å². The third-order valence-electron chi connectivity index (χ3n) is 3.81. The second-order valence-electron chi connectivity index (χ2n) is 5.35. The summed E-state index contributed by atoms with van der Waals surface area (Å²) in [5, 5.41) is 2.02. The van der Waals surface area contributed by atoms with Gasteiger partial charge in [0.25, 0.3) is 0 Å². The first-order valence-corrected chi connectivity index (χ1v) is 7.85. The van der Waals surface area contributed by atoms with E-state index in [0.717, 1.165) is 35.8 Å². The molecule has 20 heavy (non-hydrogen) atoms. The van der Waals surface area contributed by atoms with Crippen LogP contribution in [0.25, 0.3) is 0 Å². The van der Waals surface area contributed by atoms with E-state index in [1.54, 1.807) is 11.3 Å². The fourth-order valence-corrected chi connectivity index (χ4v) is 3.64. The van der Waals surface area contributed by atoms with E-state index in [4.69, 9.17) is 0 Å². The van der Waals surface area contributed by atoms with Crippen molar-refractivity contribution in [2.24, 2.45) is 7.05 Å². The number of aromatic nitrogens is 2. The van der Waals surface area contributed by atoms with Crippen molar-refractivity contribution in [1.82, 2.24) is 14.5 Å². The molecule has 3 rings (SSSR count). The summed E-state index contributed by atoms with van der Waals surface area (Å²) >= 11 is 1.65. The molecule has 0 N–H and O–H groups in total. The molecule has 2 aromatic heterocycles. The molecule has 1 saturated heterocycles. The molecule has 1 aliphatic heterocycles. The summed E-state index contributed by atoms with van der Waals surface area (Å²) in [6, 6.07) is 4.16. The van der Waals surface area contributed by atoms with Crippen molar-refractivity contribution in [3.63, 3.8) is 0 Å². The Morgan fingerprint density at radius 2 is 2.40 bits per heavy atom. The van der Waals surface area contributed by atoms with Crippen molar-refractivity contribution in [3.05, 3.63) is 40.1 Å². The molecule has 5 heteroatoms. The van der Waals surface area contributed by atoms with Crippen LogP contribution >= 0.6 is 11.3 Å². The number of carbonyl (C=O) groups is 1. The molecular weight excluding hydrogens is 270 g/mol. The molecular formula is C15H19N3OS. The third kappa shape index (κ3) is 2.50. The topological polar surface area (TPSA) is 38.1 Å². The zero-order valence-corrected chi connectivity index (χ0v) is 12.7. The van der Waals surface area contributed by atoms with Gasteiger partial charge in [0.05, 0.1) is 18.2 Å². The quantitative estimate of drug-likeness (QED) is 0.871. The second-order valence-corrected chi connectivity index (χ2v) is 6.38. The molecule has 0 spiro atoms. The molecule has 1 amide bonds. The minimum Gasteiger partial charge on any atom is -0.336 e. The molecule has 1 aliphatic rings. The molecule has 3 heterocycles. The smallest absolute Gasteiger partial charge is 0.228 e. The van der Waals surface area contributed by atoms with E-state index in [-0.39, 0.29) is 11.9 Å². The van der Waals surface area contributed by atoms with Crippen LogP contribution in [0, 0.1) is 6.92 Å². The molecule has 106 valence electrons. The zero-order chi connectivity index (χ0) is 14.1. The van der Waals surface area contributed by atoms with Gasteiger partial charge in [-0.05, 0) is 31.2 Å². The summed E-state index contributed by atoms with van der Waals surface area (Å²) in [6.45, 7) is 2.84. The summed E-state index contributed by atoms with van der Waals surface area (Å²) in [6.07, 6.45) is 4.61. The third-order valence-corrected chi connectivity index (χ3v) is 4.69. The van der Waals surface area contributed by atoms with E-state index in [9.17, 15) is 4.79 Å². The van der Waals surface area contributed by atoms with Crippen LogP contribution < -0.4 is 0 Å². The molecule has 4 nitrogen and oxygen atoms in total. The van der Waals surface area contributed by atoms with Gasteiger partial charge in [-0.3, -0.25) is 4.79 Å². The first-order chi connectivity index (χ1) is 9.65. The monoisotopic (exact) mass is 289 g/mol. The number of imidazole rings is 1. The molecule has 0 bridgehead atoms. The highest BCUT2D eigenvalue weighted by Gasteiger charge is 2.32. The number of likely N-dealkylation sites (tertiary alicyclic amines) is 1. The number of carbonyl (C=O) groups excluding carboxylic acids is 1. The highest BCUT2D eigenvalue weighted by molar-refractivity contribution is 7.10. The molecule has 0 aliphatic carbocycles. The van der Waals surface area contributed by atoms with Crippen LogP contribution in [0.4, 0.5) is 0 Å². The fraction of sp³-hybridized carbons (Fsp3) is 0.467. The SMILES string of the molecule is Cc1cn(C)c([C@@H]2CCCN2C(=O)Cc2cccs2)n1. The van der Waals surface area contributed by atoms with Gasteiger partial charge in [-0.1, -0.05) is 6.07 Å². The summed E-state index contributed by atoms with van der Waals surface area (Å²) in [5.74, 6) is 1.23. The van der Waals surface area contributed by atoms with Crippen LogP contribution in [0.3, 0.4) is 0 Å². The molecule has 2 aromatic rings. The van der Waals surface area contributed by atoms with E-state index in [1.165, 1.54) is 0 Å². The summed E-state index contributed by atoms with van der Waals surface area (Å²) < 4.78 is 2.05. The predicted octanol–water partition coefficient (Wildman–Crippen LogP) is 2.70. The Bertz CT molecular complexity index is 603. The van der Waals surface area contributed by atoms with Gasteiger partial charge in [0, 0.05) is 24.7 Å². The summed E-state index contributed by atoms with van der Waals surface area (Å²) in [5.41, 5.74) is 1.01. The molecule has 0 radical (unpaired) electrons. The van der Waals surface area contributed by atoms with Crippen LogP contribution in [0.5, 0.6) is 0 Å². The van der Waals surface area contributed by atoms with Crippen molar-refractivity contribution in [2.45, 2.75) is 32.2 Å². The largest absolute Gasteiger partial charge is 0.336 e. The number of thiophene rings is 1. The van der Waals surface area contributed by atoms with Gasteiger partial charge in [0.15, 0.2) is 0 Å². The maximum atomic E-state index is 12.5. The Morgan fingerprint density at radius 3 is 3.05 bits per heavy atom. The van der Waals surface area contributed by atoms with Crippen molar-refractivity contribution in [3.8, 4) is 0 Å². The Morgan fingerprint density at radius 1 is 1.55 bits per heavy atom. The van der Waals surface area contributed by atoms with Crippen LogP contribution in [-0.2, 0) is 18.3 Å². The average molecular weight is 289 g/mol. The first kappa shape index (κ1) is 13.4. The van der Waals surface area contributed by atoms with Crippen molar-refractivity contribution in [1.29, 1.82) is 0 Å². The van der Waals surface area contributed by atoms with Gasteiger partial charge in [0.2, 0.25) is 5.91 Å². The summed E-state index contributed by atoms with van der Waals surface area (Å²) in [4.78, 5) is 20.2. The van der Waals surface area contributed by atoms with Crippen LogP contribution in [-0.4, -0.2) is 26.9 Å². The van der Waals surface area contributed by atoms with E-state index < -0.39 is 0 Å². The Kier molecular flexibility index (Phi) is 3.61. The van der Waals surface area contributed by atoms with Crippen molar-refractivity contribution in [2.75, 3.05) is 6.54 Å². The lowest BCUT2D eigenvalue weighted by molar-refractivity contribution is -0.131. The van der Waals surface area contributed by atoms with Gasteiger partial charge in [0.1, 0.15) is 5.82 Å². The number of hydrogen-bond acceptors (Lipinski definition) is 3. The van der Waals surface area contributed by atoms with E-state index in [0.29, 0.717) is 6.42 Å².